The van der Waals surface area contributed by atoms with E-state index in [0.29, 0.717) is 5.69 Å². The number of nitrogens with two attached hydrogens (primary N) is 1. The Morgan fingerprint density at radius 3 is 2.47 bits per heavy atom. The predicted octanol–water partition coefficient (Wildman–Crippen LogP) is 1.69. The average Bonchev–Trinajstić information content (AvgIpc) is 2.20. The van der Waals surface area contributed by atoms with Crippen molar-refractivity contribution in [2.24, 2.45) is 11.7 Å². The summed E-state index contributed by atoms with van der Waals surface area (Å²) < 4.78 is 12.6. The fraction of sp³-hybridized carbons (Fsp3) is 0.200. The van der Waals surface area contributed by atoms with Gasteiger partial charge in [-0.2, -0.15) is 0 Å². The number of thiocarbonyl (C=S) groups is 1. The number of rotatable bonds is 3. The molecule has 1 aromatic rings. The summed E-state index contributed by atoms with van der Waals surface area (Å²) in [6.07, 6.45) is 0. The van der Waals surface area contributed by atoms with Crippen LogP contribution in [0.15, 0.2) is 24.3 Å². The molecule has 3 nitrogen and oxygen atoms in total. The van der Waals surface area contributed by atoms with Crippen LogP contribution in [0.1, 0.15) is 6.92 Å². The summed E-state index contributed by atoms with van der Waals surface area (Å²) in [4.78, 5) is 11.6. The van der Waals surface area contributed by atoms with Crippen LogP contribution < -0.4 is 11.1 Å². The Morgan fingerprint density at radius 2 is 2.00 bits per heavy atom. The molecule has 1 atom stereocenters. The number of benzene rings is 1. The number of hydrogen-bond donors (Lipinski definition) is 2. The van der Waals surface area contributed by atoms with Crippen molar-refractivity contribution in [1.82, 2.24) is 0 Å². The first kappa shape index (κ1) is 11.6. The highest BCUT2D eigenvalue weighted by Crippen LogP contribution is 2.09. The number of hydrogen-bond acceptors (Lipinski definition) is 2. The lowest BCUT2D eigenvalue weighted by Crippen LogP contribution is -2.30. The molecule has 0 aliphatic rings. The molecule has 0 spiro atoms. The van der Waals surface area contributed by atoms with Gasteiger partial charge >= 0.3 is 0 Å². The van der Waals surface area contributed by atoms with E-state index in [9.17, 15) is 9.18 Å². The van der Waals surface area contributed by atoms with Gasteiger partial charge in [0.05, 0.1) is 10.9 Å². The molecule has 15 heavy (non-hydrogen) atoms. The lowest BCUT2D eigenvalue weighted by Gasteiger charge is -2.10. The zero-order valence-electron chi connectivity index (χ0n) is 8.16. The summed E-state index contributed by atoms with van der Waals surface area (Å²) in [6.45, 7) is 1.61. The number of carbonyl (C=O) groups excluding carboxylic acids is 1. The molecule has 0 fully saturated rings. The Bertz CT molecular complexity index is 378. The molecule has 5 heteroatoms. The SMILES string of the molecule is CC(C(=O)Nc1ccc(F)cc1)C(N)=S. The second-order valence-corrected chi connectivity index (χ2v) is 3.59. The second kappa shape index (κ2) is 4.84. The third kappa shape index (κ3) is 3.28. The van der Waals surface area contributed by atoms with Crippen molar-refractivity contribution in [3.05, 3.63) is 30.1 Å². The number of amides is 1. The third-order valence-electron chi connectivity index (χ3n) is 1.93. The Labute approximate surface area is 92.5 Å². The first-order valence-electron chi connectivity index (χ1n) is 4.36. The van der Waals surface area contributed by atoms with E-state index in [0.717, 1.165) is 0 Å². The van der Waals surface area contributed by atoms with E-state index in [-0.39, 0.29) is 16.7 Å². The summed E-state index contributed by atoms with van der Waals surface area (Å²) in [5.74, 6) is -1.19. The van der Waals surface area contributed by atoms with Gasteiger partial charge < -0.3 is 11.1 Å². The molecule has 3 N–H and O–H groups in total. The van der Waals surface area contributed by atoms with Crippen molar-refractivity contribution in [2.75, 3.05) is 5.32 Å². The molecule has 1 unspecified atom stereocenters. The molecule has 1 amide bonds. The summed E-state index contributed by atoms with van der Waals surface area (Å²) in [6, 6.07) is 5.47. The van der Waals surface area contributed by atoms with Crippen molar-refractivity contribution >= 4 is 28.8 Å². The van der Waals surface area contributed by atoms with E-state index < -0.39 is 5.92 Å². The lowest BCUT2D eigenvalue weighted by atomic mass is 10.1. The van der Waals surface area contributed by atoms with Crippen molar-refractivity contribution in [1.29, 1.82) is 0 Å². The van der Waals surface area contributed by atoms with Crippen LogP contribution in [0.4, 0.5) is 10.1 Å². The van der Waals surface area contributed by atoms with Crippen LogP contribution in [0.5, 0.6) is 0 Å². The maximum atomic E-state index is 12.6. The molecule has 0 saturated carbocycles. The first-order valence-corrected chi connectivity index (χ1v) is 4.77. The van der Waals surface area contributed by atoms with Crippen LogP contribution >= 0.6 is 12.2 Å². The van der Waals surface area contributed by atoms with E-state index in [2.05, 4.69) is 17.5 Å². The van der Waals surface area contributed by atoms with Crippen molar-refractivity contribution < 1.29 is 9.18 Å². The fourth-order valence-corrected chi connectivity index (χ4v) is 1.02. The third-order valence-corrected chi connectivity index (χ3v) is 2.29. The highest BCUT2D eigenvalue weighted by atomic mass is 32.1. The largest absolute Gasteiger partial charge is 0.393 e. The number of nitrogens with one attached hydrogen (secondary N) is 1. The Balaban J connectivity index is 2.66. The predicted molar refractivity (Wildman–Crippen MR) is 61.0 cm³/mol. The molecule has 1 rings (SSSR count). The molecule has 0 saturated heterocycles. The molecule has 0 aliphatic heterocycles. The maximum Gasteiger partial charge on any atom is 0.234 e. The van der Waals surface area contributed by atoms with Crippen molar-refractivity contribution in [3.63, 3.8) is 0 Å². The first-order chi connectivity index (χ1) is 7.00. The quantitative estimate of drug-likeness (QED) is 0.771. The summed E-state index contributed by atoms with van der Waals surface area (Å²) in [5, 5.41) is 2.58. The molecular weight excluding hydrogens is 215 g/mol. The van der Waals surface area contributed by atoms with Crippen molar-refractivity contribution in [3.8, 4) is 0 Å². The van der Waals surface area contributed by atoms with Gasteiger partial charge in [0.15, 0.2) is 0 Å². The molecule has 0 radical (unpaired) electrons. The van der Waals surface area contributed by atoms with Gasteiger partial charge in [-0.3, -0.25) is 4.79 Å². The highest BCUT2D eigenvalue weighted by molar-refractivity contribution is 7.80. The number of anilines is 1. The van der Waals surface area contributed by atoms with Gasteiger partial charge in [-0.15, -0.1) is 0 Å². The van der Waals surface area contributed by atoms with E-state index in [1.165, 1.54) is 24.3 Å². The summed E-state index contributed by atoms with van der Waals surface area (Å²) in [5.41, 5.74) is 5.84. The maximum absolute atomic E-state index is 12.6. The fourth-order valence-electron chi connectivity index (χ4n) is 0.913. The molecule has 1 aromatic carbocycles. The van der Waals surface area contributed by atoms with Gasteiger partial charge in [-0.25, -0.2) is 4.39 Å². The van der Waals surface area contributed by atoms with E-state index in [1.807, 2.05) is 0 Å². The molecule has 0 aromatic heterocycles. The van der Waals surface area contributed by atoms with Gasteiger partial charge in [0.2, 0.25) is 5.91 Å². The number of carbonyl (C=O) groups is 1. The van der Waals surface area contributed by atoms with E-state index in [1.54, 1.807) is 6.92 Å². The van der Waals surface area contributed by atoms with Crippen LogP contribution in [0, 0.1) is 11.7 Å². The summed E-state index contributed by atoms with van der Waals surface area (Å²) >= 11 is 4.69. The van der Waals surface area contributed by atoms with Crippen molar-refractivity contribution in [2.45, 2.75) is 6.92 Å². The molecular formula is C10H11FN2OS. The standard InChI is InChI=1S/C10H11FN2OS/c1-6(9(12)15)10(14)13-8-4-2-7(11)3-5-8/h2-6H,1H3,(H2,12,15)(H,13,14). The minimum Gasteiger partial charge on any atom is -0.393 e. The van der Waals surface area contributed by atoms with Gasteiger partial charge in [0.25, 0.3) is 0 Å². The normalized spacial score (nSPS) is 11.9. The van der Waals surface area contributed by atoms with Crippen LogP contribution in [0.3, 0.4) is 0 Å². The van der Waals surface area contributed by atoms with E-state index >= 15 is 0 Å². The summed E-state index contributed by atoms with van der Waals surface area (Å²) in [7, 11) is 0. The molecule has 0 heterocycles. The molecule has 0 aliphatic carbocycles. The minimum atomic E-state index is -0.537. The lowest BCUT2D eigenvalue weighted by molar-refractivity contribution is -0.117. The van der Waals surface area contributed by atoms with E-state index in [4.69, 9.17) is 5.73 Å². The van der Waals surface area contributed by atoms with Crippen LogP contribution in [0.25, 0.3) is 0 Å². The average molecular weight is 226 g/mol. The van der Waals surface area contributed by atoms with Gasteiger partial charge in [-0.05, 0) is 31.2 Å². The molecule has 0 bridgehead atoms. The van der Waals surface area contributed by atoms with Gasteiger partial charge in [0.1, 0.15) is 5.82 Å². The Morgan fingerprint density at radius 1 is 1.47 bits per heavy atom. The van der Waals surface area contributed by atoms with Crippen LogP contribution in [-0.2, 0) is 4.79 Å². The molecule has 80 valence electrons. The second-order valence-electron chi connectivity index (χ2n) is 3.12. The topological polar surface area (TPSA) is 55.1 Å². The Hall–Kier alpha value is -1.49. The van der Waals surface area contributed by atoms with Crippen LogP contribution in [0.2, 0.25) is 0 Å². The Kier molecular flexibility index (Phi) is 3.74. The zero-order chi connectivity index (χ0) is 11.4. The van der Waals surface area contributed by atoms with Crippen LogP contribution in [-0.4, -0.2) is 10.9 Å². The monoisotopic (exact) mass is 226 g/mol. The number of halogens is 1. The smallest absolute Gasteiger partial charge is 0.234 e. The minimum absolute atomic E-state index is 0.134. The highest BCUT2D eigenvalue weighted by Gasteiger charge is 2.15. The van der Waals surface area contributed by atoms with Gasteiger partial charge in [0, 0.05) is 5.69 Å². The zero-order valence-corrected chi connectivity index (χ0v) is 8.98. The van der Waals surface area contributed by atoms with Gasteiger partial charge in [-0.1, -0.05) is 12.2 Å².